The molecule has 43 heavy (non-hydrogen) atoms. The summed E-state index contributed by atoms with van der Waals surface area (Å²) in [5.74, 6) is -0.192. The van der Waals surface area contributed by atoms with E-state index in [0.717, 1.165) is 62.7 Å². The Hall–Kier alpha value is -3.68. The molecule has 2 aromatic carbocycles. The molecule has 1 aliphatic carbocycles. The smallest absolute Gasteiger partial charge is 0.379 e. The van der Waals surface area contributed by atoms with Crippen LogP contribution in [0.3, 0.4) is 0 Å². The van der Waals surface area contributed by atoms with E-state index in [0.29, 0.717) is 30.1 Å². The molecule has 1 aromatic heterocycles. The fourth-order valence-electron chi connectivity index (χ4n) is 7.54. The summed E-state index contributed by atoms with van der Waals surface area (Å²) < 4.78 is 48.3. The molecule has 1 amide bonds. The van der Waals surface area contributed by atoms with E-state index in [2.05, 4.69) is 28.2 Å². The predicted octanol–water partition coefficient (Wildman–Crippen LogP) is 5.28. The fraction of sp³-hybridized carbons (Fsp3) is 0.485. The minimum Gasteiger partial charge on any atom is -0.379 e. The Morgan fingerprint density at radius 3 is 2.67 bits per heavy atom. The number of hydrogen-bond acceptors (Lipinski definition) is 6. The molecule has 2 saturated heterocycles. The molecule has 3 aromatic rings. The maximum Gasteiger partial charge on any atom is 0.416 e. The third-order valence-electron chi connectivity index (χ3n) is 9.74. The van der Waals surface area contributed by atoms with Gasteiger partial charge < -0.3 is 15.0 Å². The number of carbonyl (C=O) groups excluding carboxylic acids is 1. The van der Waals surface area contributed by atoms with Crippen LogP contribution in [0.25, 0.3) is 10.9 Å². The van der Waals surface area contributed by atoms with Gasteiger partial charge in [-0.2, -0.15) is 18.4 Å². The molecule has 0 bridgehead atoms. The molecular formula is C33H36F3N5O2. The SMILES string of the molecule is CCC(CCCNC(=O)[C@]12CN(c3ccc(C#N)c4ncccc34)C[C@@]1(c1ccccc1C(F)(F)F)C2)N1CCOCC1. The van der Waals surface area contributed by atoms with Crippen molar-refractivity contribution in [2.24, 2.45) is 5.41 Å². The molecule has 3 heterocycles. The van der Waals surface area contributed by atoms with E-state index in [1.54, 1.807) is 24.4 Å². The number of pyridine rings is 1. The third kappa shape index (κ3) is 5.12. The minimum atomic E-state index is -4.54. The van der Waals surface area contributed by atoms with Gasteiger partial charge in [-0.05, 0) is 61.6 Å². The van der Waals surface area contributed by atoms with E-state index in [4.69, 9.17) is 4.74 Å². The number of ether oxygens (including phenoxy) is 1. The molecule has 10 heteroatoms. The Morgan fingerprint density at radius 2 is 1.93 bits per heavy atom. The minimum absolute atomic E-state index is 0.176. The van der Waals surface area contributed by atoms with Crippen molar-refractivity contribution in [1.29, 1.82) is 5.26 Å². The topological polar surface area (TPSA) is 81.5 Å². The number of piperidine rings is 1. The number of anilines is 1. The highest BCUT2D eigenvalue weighted by Crippen LogP contribution is 2.70. The van der Waals surface area contributed by atoms with E-state index < -0.39 is 22.6 Å². The highest BCUT2D eigenvalue weighted by atomic mass is 19.4. The van der Waals surface area contributed by atoms with Crippen molar-refractivity contribution in [3.63, 3.8) is 0 Å². The molecular weight excluding hydrogens is 555 g/mol. The van der Waals surface area contributed by atoms with Crippen LogP contribution in [-0.4, -0.2) is 67.8 Å². The monoisotopic (exact) mass is 591 g/mol. The summed E-state index contributed by atoms with van der Waals surface area (Å²) in [6, 6.07) is 15.4. The second-order valence-corrected chi connectivity index (χ2v) is 12.0. The van der Waals surface area contributed by atoms with Crippen LogP contribution in [0.1, 0.15) is 49.3 Å². The molecule has 1 unspecified atom stereocenters. The first-order chi connectivity index (χ1) is 20.7. The summed E-state index contributed by atoms with van der Waals surface area (Å²) in [6.07, 6.45) is 0.169. The Balaban J connectivity index is 1.27. The number of aromatic nitrogens is 1. The van der Waals surface area contributed by atoms with Crippen LogP contribution >= 0.6 is 0 Å². The lowest BCUT2D eigenvalue weighted by atomic mass is 9.85. The number of fused-ring (bicyclic) bond motifs is 2. The van der Waals surface area contributed by atoms with Crippen molar-refractivity contribution in [2.75, 3.05) is 50.8 Å². The van der Waals surface area contributed by atoms with Crippen LogP contribution in [0.2, 0.25) is 0 Å². The summed E-state index contributed by atoms with van der Waals surface area (Å²) in [6.45, 7) is 6.47. The first-order valence-corrected chi connectivity index (χ1v) is 15.0. The molecule has 7 nitrogen and oxygen atoms in total. The summed E-state index contributed by atoms with van der Waals surface area (Å²) in [7, 11) is 0. The summed E-state index contributed by atoms with van der Waals surface area (Å²) >= 11 is 0. The number of carbonyl (C=O) groups is 1. The van der Waals surface area contributed by atoms with Crippen molar-refractivity contribution in [3.8, 4) is 6.07 Å². The standard InChI is InChI=1S/C33H36F3N5O2/c1-2-24(40-15-17-43-18-16-40)7-5-14-39-30(42)32-20-31(32,26-9-3-4-10-27(26)33(34,35)36)21-41(22-32)28-12-11-23(19-37)29-25(28)8-6-13-38-29/h3-4,6,8-13,24H,2,5,7,14-18,20-22H2,1H3,(H,39,42)/t24?,31-,32+/m1/s1. The molecule has 6 rings (SSSR count). The van der Waals surface area contributed by atoms with E-state index in [1.165, 1.54) is 12.1 Å². The number of rotatable bonds is 9. The number of alkyl halides is 3. The molecule has 2 aliphatic heterocycles. The maximum absolute atomic E-state index is 14.3. The number of nitrogens with zero attached hydrogens (tertiary/aromatic N) is 4. The van der Waals surface area contributed by atoms with Crippen LogP contribution in [0, 0.1) is 16.7 Å². The molecule has 226 valence electrons. The molecule has 1 saturated carbocycles. The molecule has 3 fully saturated rings. The normalized spacial score (nSPS) is 24.4. The average molecular weight is 592 g/mol. The lowest BCUT2D eigenvalue weighted by Gasteiger charge is -2.34. The second kappa shape index (κ2) is 11.4. The lowest BCUT2D eigenvalue weighted by Crippen LogP contribution is -2.43. The molecule has 0 spiro atoms. The van der Waals surface area contributed by atoms with Gasteiger partial charge in [0.2, 0.25) is 5.91 Å². The second-order valence-electron chi connectivity index (χ2n) is 12.0. The van der Waals surface area contributed by atoms with Gasteiger partial charge in [-0.3, -0.25) is 14.7 Å². The van der Waals surface area contributed by atoms with Gasteiger partial charge in [-0.15, -0.1) is 0 Å². The number of benzene rings is 2. The van der Waals surface area contributed by atoms with Gasteiger partial charge in [-0.1, -0.05) is 25.1 Å². The van der Waals surface area contributed by atoms with E-state index in [9.17, 15) is 23.2 Å². The first kappa shape index (κ1) is 29.4. The number of morpholine rings is 1. The van der Waals surface area contributed by atoms with Gasteiger partial charge in [0.1, 0.15) is 6.07 Å². The molecule has 1 N–H and O–H groups in total. The zero-order valence-corrected chi connectivity index (χ0v) is 24.3. The number of nitriles is 1. The highest BCUT2D eigenvalue weighted by molar-refractivity contribution is 5.97. The largest absolute Gasteiger partial charge is 0.416 e. The summed E-state index contributed by atoms with van der Waals surface area (Å²) in [5.41, 5.74) is -0.755. The van der Waals surface area contributed by atoms with Crippen LogP contribution in [0.5, 0.6) is 0 Å². The third-order valence-corrected chi connectivity index (χ3v) is 9.74. The van der Waals surface area contributed by atoms with Crippen molar-refractivity contribution < 1.29 is 22.7 Å². The van der Waals surface area contributed by atoms with Crippen LogP contribution in [-0.2, 0) is 21.1 Å². The molecule has 0 radical (unpaired) electrons. The van der Waals surface area contributed by atoms with Gasteiger partial charge in [-0.25, -0.2) is 0 Å². The Labute approximate surface area is 249 Å². The number of hydrogen-bond donors (Lipinski definition) is 1. The maximum atomic E-state index is 14.3. The number of amides is 1. The Kier molecular flexibility index (Phi) is 7.82. The lowest BCUT2D eigenvalue weighted by molar-refractivity contribution is -0.139. The van der Waals surface area contributed by atoms with E-state index in [-0.39, 0.29) is 24.6 Å². The van der Waals surface area contributed by atoms with Crippen LogP contribution in [0.4, 0.5) is 18.9 Å². The van der Waals surface area contributed by atoms with Crippen molar-refractivity contribution in [1.82, 2.24) is 15.2 Å². The summed E-state index contributed by atoms with van der Waals surface area (Å²) in [5, 5.41) is 13.5. The van der Waals surface area contributed by atoms with Crippen molar-refractivity contribution >= 4 is 22.5 Å². The van der Waals surface area contributed by atoms with Crippen LogP contribution in [0.15, 0.2) is 54.7 Å². The zero-order chi connectivity index (χ0) is 30.2. The molecule has 3 atom stereocenters. The average Bonchev–Trinajstić information content (AvgIpc) is 3.56. The Bertz CT molecular complexity index is 1550. The van der Waals surface area contributed by atoms with Crippen LogP contribution < -0.4 is 10.2 Å². The van der Waals surface area contributed by atoms with Crippen molar-refractivity contribution in [3.05, 3.63) is 71.4 Å². The highest BCUT2D eigenvalue weighted by Gasteiger charge is 2.77. The van der Waals surface area contributed by atoms with Gasteiger partial charge >= 0.3 is 6.18 Å². The van der Waals surface area contributed by atoms with Gasteiger partial charge in [0.25, 0.3) is 0 Å². The van der Waals surface area contributed by atoms with Crippen molar-refractivity contribution in [2.45, 2.75) is 50.2 Å². The predicted molar refractivity (Wildman–Crippen MR) is 158 cm³/mol. The van der Waals surface area contributed by atoms with Gasteiger partial charge in [0, 0.05) is 61.5 Å². The zero-order valence-electron chi connectivity index (χ0n) is 24.3. The Morgan fingerprint density at radius 1 is 1.14 bits per heavy atom. The number of nitrogens with one attached hydrogen (secondary N) is 1. The number of halogens is 3. The summed E-state index contributed by atoms with van der Waals surface area (Å²) in [4.78, 5) is 22.9. The van der Waals surface area contributed by atoms with E-state index in [1.807, 2.05) is 17.0 Å². The fourth-order valence-corrected chi connectivity index (χ4v) is 7.54. The molecule has 3 aliphatic rings. The van der Waals surface area contributed by atoms with E-state index >= 15 is 0 Å². The van der Waals surface area contributed by atoms with Gasteiger partial charge in [0.05, 0.1) is 35.3 Å². The van der Waals surface area contributed by atoms with Gasteiger partial charge in [0.15, 0.2) is 0 Å². The first-order valence-electron chi connectivity index (χ1n) is 15.0. The quantitative estimate of drug-likeness (QED) is 0.341.